The van der Waals surface area contributed by atoms with Crippen molar-refractivity contribution in [1.29, 1.82) is 0 Å². The molecule has 0 aliphatic carbocycles. The summed E-state index contributed by atoms with van der Waals surface area (Å²) < 4.78 is 14.1. The van der Waals surface area contributed by atoms with Crippen LogP contribution in [0.25, 0.3) is 0 Å². The van der Waals surface area contributed by atoms with E-state index >= 15 is 0 Å². The molecule has 1 rings (SSSR count). The maximum atomic E-state index is 14.1. The third-order valence-electron chi connectivity index (χ3n) is 3.94. The molecule has 108 valence electrons. The van der Waals surface area contributed by atoms with Gasteiger partial charge in [-0.1, -0.05) is 38.5 Å². The third kappa shape index (κ3) is 4.02. The quantitative estimate of drug-likeness (QED) is 0.815. The van der Waals surface area contributed by atoms with Crippen LogP contribution < -0.4 is 5.73 Å². The van der Waals surface area contributed by atoms with Gasteiger partial charge in [-0.05, 0) is 32.9 Å². The summed E-state index contributed by atoms with van der Waals surface area (Å²) in [5, 5.41) is 0. The van der Waals surface area contributed by atoms with Gasteiger partial charge in [0, 0.05) is 17.6 Å². The molecule has 0 saturated heterocycles. The Morgan fingerprint density at radius 2 is 1.89 bits per heavy atom. The normalized spacial score (nSPS) is 16.4. The summed E-state index contributed by atoms with van der Waals surface area (Å²) >= 11 is 0. The van der Waals surface area contributed by atoms with E-state index in [9.17, 15) is 4.39 Å². The number of benzene rings is 1. The van der Waals surface area contributed by atoms with Crippen LogP contribution >= 0.6 is 0 Å². The molecule has 0 aromatic heterocycles. The number of rotatable bonds is 7. The van der Waals surface area contributed by atoms with Crippen LogP contribution in [0.3, 0.4) is 0 Å². The molecule has 3 heteroatoms. The summed E-state index contributed by atoms with van der Waals surface area (Å²) in [5.41, 5.74) is 6.96. The van der Waals surface area contributed by atoms with Crippen LogP contribution in [0.15, 0.2) is 24.3 Å². The Hall–Kier alpha value is -0.930. The second-order valence-electron chi connectivity index (χ2n) is 5.34. The predicted molar refractivity (Wildman–Crippen MR) is 79.5 cm³/mol. The molecule has 0 spiro atoms. The first-order chi connectivity index (χ1) is 9.02. The number of hydrogen-bond acceptors (Lipinski definition) is 2. The van der Waals surface area contributed by atoms with Gasteiger partial charge in [0.1, 0.15) is 5.82 Å². The van der Waals surface area contributed by atoms with Gasteiger partial charge in [0.05, 0.1) is 6.04 Å². The zero-order chi connectivity index (χ0) is 14.4. The van der Waals surface area contributed by atoms with Crippen molar-refractivity contribution in [1.82, 2.24) is 4.90 Å². The lowest BCUT2D eigenvalue weighted by Crippen LogP contribution is -2.43. The molecule has 0 saturated carbocycles. The monoisotopic (exact) mass is 266 g/mol. The Kier molecular flexibility index (Phi) is 6.46. The fourth-order valence-corrected chi connectivity index (χ4v) is 2.59. The molecule has 3 atom stereocenters. The maximum Gasteiger partial charge on any atom is 0.128 e. The van der Waals surface area contributed by atoms with Gasteiger partial charge in [0.15, 0.2) is 0 Å². The van der Waals surface area contributed by atoms with Gasteiger partial charge >= 0.3 is 0 Å². The van der Waals surface area contributed by atoms with Crippen LogP contribution in [0.4, 0.5) is 4.39 Å². The fourth-order valence-electron chi connectivity index (χ4n) is 2.59. The van der Waals surface area contributed by atoms with Crippen molar-refractivity contribution in [2.75, 3.05) is 7.05 Å². The number of likely N-dealkylation sites (N-methyl/N-ethyl adjacent to an activating group) is 1. The SMILES string of the molecule is CCCC(C)N(C)C(c1ccccc1F)C(N)CC. The average molecular weight is 266 g/mol. The van der Waals surface area contributed by atoms with Crippen molar-refractivity contribution >= 4 is 0 Å². The first-order valence-corrected chi connectivity index (χ1v) is 7.24. The highest BCUT2D eigenvalue weighted by atomic mass is 19.1. The second-order valence-corrected chi connectivity index (χ2v) is 5.34. The summed E-state index contributed by atoms with van der Waals surface area (Å²) in [6.07, 6.45) is 3.05. The summed E-state index contributed by atoms with van der Waals surface area (Å²) in [5.74, 6) is -0.160. The zero-order valence-electron chi connectivity index (χ0n) is 12.6. The first-order valence-electron chi connectivity index (χ1n) is 7.24. The molecule has 0 aliphatic rings. The van der Waals surface area contributed by atoms with Crippen molar-refractivity contribution in [2.24, 2.45) is 5.73 Å². The number of hydrogen-bond donors (Lipinski definition) is 1. The van der Waals surface area contributed by atoms with Gasteiger partial charge in [-0.2, -0.15) is 0 Å². The van der Waals surface area contributed by atoms with Crippen LogP contribution in [0.1, 0.15) is 51.6 Å². The molecule has 0 aliphatic heterocycles. The minimum Gasteiger partial charge on any atom is -0.326 e. The minimum atomic E-state index is -0.160. The van der Waals surface area contributed by atoms with Gasteiger partial charge in [0.2, 0.25) is 0 Å². The van der Waals surface area contributed by atoms with Gasteiger partial charge in [-0.25, -0.2) is 4.39 Å². The van der Waals surface area contributed by atoms with Crippen molar-refractivity contribution < 1.29 is 4.39 Å². The third-order valence-corrected chi connectivity index (χ3v) is 3.94. The minimum absolute atomic E-state index is 0.0544. The highest BCUT2D eigenvalue weighted by Gasteiger charge is 2.28. The standard InChI is InChI=1S/C16H27FN2/c1-5-9-12(3)19(4)16(15(18)6-2)13-10-7-8-11-14(13)17/h7-8,10-12,15-16H,5-6,9,18H2,1-4H3. The summed E-state index contributed by atoms with van der Waals surface area (Å²) in [6.45, 7) is 6.40. The van der Waals surface area contributed by atoms with E-state index in [4.69, 9.17) is 5.73 Å². The van der Waals surface area contributed by atoms with Crippen LogP contribution in [0, 0.1) is 5.82 Å². The first kappa shape index (κ1) is 16.1. The summed E-state index contributed by atoms with van der Waals surface area (Å²) in [4.78, 5) is 2.22. The average Bonchev–Trinajstić information content (AvgIpc) is 2.41. The van der Waals surface area contributed by atoms with E-state index in [1.807, 2.05) is 19.2 Å². The van der Waals surface area contributed by atoms with Crippen molar-refractivity contribution in [3.63, 3.8) is 0 Å². The maximum absolute atomic E-state index is 14.1. The van der Waals surface area contributed by atoms with E-state index in [-0.39, 0.29) is 17.9 Å². The molecule has 3 unspecified atom stereocenters. The van der Waals surface area contributed by atoms with Crippen LogP contribution in [-0.2, 0) is 0 Å². The number of halogens is 1. The fraction of sp³-hybridized carbons (Fsp3) is 0.625. The Morgan fingerprint density at radius 1 is 1.26 bits per heavy atom. The largest absolute Gasteiger partial charge is 0.326 e. The van der Waals surface area contributed by atoms with Gasteiger partial charge in [-0.3, -0.25) is 4.90 Å². The van der Waals surface area contributed by atoms with E-state index in [2.05, 4.69) is 25.7 Å². The predicted octanol–water partition coefficient (Wildman–Crippen LogP) is 3.72. The zero-order valence-corrected chi connectivity index (χ0v) is 12.6. The smallest absolute Gasteiger partial charge is 0.128 e. The van der Waals surface area contributed by atoms with Crippen molar-refractivity contribution in [3.05, 3.63) is 35.6 Å². The van der Waals surface area contributed by atoms with Crippen molar-refractivity contribution in [3.8, 4) is 0 Å². The Balaban J connectivity index is 3.05. The highest BCUT2D eigenvalue weighted by Crippen LogP contribution is 2.28. The van der Waals surface area contributed by atoms with Gasteiger partial charge in [-0.15, -0.1) is 0 Å². The molecule has 0 heterocycles. The molecule has 1 aromatic carbocycles. The molecule has 19 heavy (non-hydrogen) atoms. The van der Waals surface area contributed by atoms with Gasteiger partial charge in [0.25, 0.3) is 0 Å². The van der Waals surface area contributed by atoms with Crippen LogP contribution in [0.5, 0.6) is 0 Å². The lowest BCUT2D eigenvalue weighted by molar-refractivity contribution is 0.147. The van der Waals surface area contributed by atoms with E-state index < -0.39 is 0 Å². The van der Waals surface area contributed by atoms with Crippen LogP contribution in [0.2, 0.25) is 0 Å². The lowest BCUT2D eigenvalue weighted by atomic mass is 9.94. The lowest BCUT2D eigenvalue weighted by Gasteiger charge is -2.37. The van der Waals surface area contributed by atoms with E-state index in [1.54, 1.807) is 6.07 Å². The van der Waals surface area contributed by atoms with Crippen LogP contribution in [-0.4, -0.2) is 24.0 Å². The molecular formula is C16H27FN2. The summed E-state index contributed by atoms with van der Waals surface area (Å²) in [6, 6.07) is 7.25. The Morgan fingerprint density at radius 3 is 2.42 bits per heavy atom. The number of nitrogens with zero attached hydrogens (tertiary/aromatic N) is 1. The Labute approximate surface area is 116 Å². The molecular weight excluding hydrogens is 239 g/mol. The van der Waals surface area contributed by atoms with Gasteiger partial charge < -0.3 is 5.73 Å². The topological polar surface area (TPSA) is 29.3 Å². The molecule has 0 amide bonds. The number of nitrogens with two attached hydrogens (primary N) is 1. The second kappa shape index (κ2) is 7.61. The molecule has 0 radical (unpaired) electrons. The van der Waals surface area contributed by atoms with Crippen molar-refractivity contribution in [2.45, 2.75) is 58.2 Å². The van der Waals surface area contributed by atoms with E-state index in [1.165, 1.54) is 6.07 Å². The molecule has 2 N–H and O–H groups in total. The van der Waals surface area contributed by atoms with E-state index in [0.29, 0.717) is 11.6 Å². The molecule has 1 aromatic rings. The molecule has 0 fully saturated rings. The van der Waals surface area contributed by atoms with E-state index in [0.717, 1.165) is 19.3 Å². The highest BCUT2D eigenvalue weighted by molar-refractivity contribution is 5.23. The molecule has 2 nitrogen and oxygen atoms in total. The molecule has 0 bridgehead atoms. The summed E-state index contributed by atoms with van der Waals surface area (Å²) in [7, 11) is 2.05. The Bertz CT molecular complexity index is 381.